The van der Waals surface area contributed by atoms with Crippen LogP contribution in [0.4, 0.5) is 11.4 Å². The summed E-state index contributed by atoms with van der Waals surface area (Å²) in [6.07, 6.45) is 6.96. The van der Waals surface area contributed by atoms with Gasteiger partial charge in [-0.2, -0.15) is 0 Å². The van der Waals surface area contributed by atoms with E-state index in [2.05, 4.69) is 66.6 Å². The molecule has 0 spiro atoms. The van der Waals surface area contributed by atoms with Crippen LogP contribution < -0.4 is 5.32 Å². The minimum absolute atomic E-state index is 0.0165. The van der Waals surface area contributed by atoms with E-state index >= 15 is 0 Å². The molecule has 1 saturated carbocycles. The predicted molar refractivity (Wildman–Crippen MR) is 125 cm³/mol. The lowest BCUT2D eigenvalue weighted by Crippen LogP contribution is -2.52. The Kier molecular flexibility index (Phi) is 4.76. The summed E-state index contributed by atoms with van der Waals surface area (Å²) in [5.41, 5.74) is 5.48. The van der Waals surface area contributed by atoms with Crippen molar-refractivity contribution in [2.24, 2.45) is 11.3 Å². The fraction of sp³-hybridized carbons (Fsp3) is 0.407. The minimum atomic E-state index is -0.410. The van der Waals surface area contributed by atoms with Crippen molar-refractivity contribution >= 4 is 28.2 Å². The van der Waals surface area contributed by atoms with Crippen LogP contribution in [0, 0.1) is 11.3 Å². The van der Waals surface area contributed by atoms with Gasteiger partial charge in [-0.25, -0.2) is 0 Å². The number of ether oxygens (including phenoxy) is 1. The van der Waals surface area contributed by atoms with Crippen molar-refractivity contribution in [2.45, 2.75) is 51.4 Å². The highest BCUT2D eigenvalue weighted by Crippen LogP contribution is 2.57. The Morgan fingerprint density at radius 1 is 1.10 bits per heavy atom. The predicted octanol–water partition coefficient (Wildman–Crippen LogP) is 6.16. The Bertz CT molecular complexity index is 1160. The summed E-state index contributed by atoms with van der Waals surface area (Å²) < 4.78 is 5.26. The van der Waals surface area contributed by atoms with Crippen molar-refractivity contribution < 1.29 is 9.53 Å². The fourth-order valence-corrected chi connectivity index (χ4v) is 6.33. The molecule has 1 aromatic heterocycles. The Balaban J connectivity index is 1.50. The van der Waals surface area contributed by atoms with Crippen LogP contribution in [0.25, 0.3) is 10.9 Å². The molecule has 5 rings (SSSR count). The Labute approximate surface area is 184 Å². The molecule has 0 bridgehead atoms. The van der Waals surface area contributed by atoms with Crippen molar-refractivity contribution in [3.63, 3.8) is 0 Å². The number of hydrogen-bond donors (Lipinski definition) is 1. The summed E-state index contributed by atoms with van der Waals surface area (Å²) in [5.74, 6) is 0.249. The molecule has 4 heteroatoms. The SMILES string of the molecule is COC(=O)C1(C)CCC[C@]2(C)c3cc(Nc4ccc5cccnc5c4)ccc3CCC12. The van der Waals surface area contributed by atoms with Crippen LogP contribution in [0.5, 0.6) is 0 Å². The highest BCUT2D eigenvalue weighted by molar-refractivity contribution is 5.83. The second-order valence-corrected chi connectivity index (χ2v) is 9.68. The molecule has 31 heavy (non-hydrogen) atoms. The maximum atomic E-state index is 12.8. The summed E-state index contributed by atoms with van der Waals surface area (Å²) in [5, 5.41) is 4.72. The Morgan fingerprint density at radius 3 is 2.74 bits per heavy atom. The van der Waals surface area contributed by atoms with Gasteiger partial charge in [-0.3, -0.25) is 9.78 Å². The van der Waals surface area contributed by atoms with Crippen LogP contribution in [0.3, 0.4) is 0 Å². The van der Waals surface area contributed by atoms with E-state index in [1.165, 1.54) is 18.2 Å². The second kappa shape index (κ2) is 7.37. The van der Waals surface area contributed by atoms with E-state index in [9.17, 15) is 4.79 Å². The van der Waals surface area contributed by atoms with Gasteiger partial charge in [0.15, 0.2) is 0 Å². The molecule has 2 aromatic carbocycles. The number of nitrogens with one attached hydrogen (secondary N) is 1. The van der Waals surface area contributed by atoms with Gasteiger partial charge in [0.25, 0.3) is 0 Å². The lowest BCUT2D eigenvalue weighted by Gasteiger charge is -2.54. The fourth-order valence-electron chi connectivity index (χ4n) is 6.33. The standard InChI is InChI=1S/C27H30N2O2/c1-26-13-5-14-27(2,25(30)31-3)24(26)12-9-18-7-10-20(16-22(18)26)29-21-11-8-19-6-4-15-28-23(19)17-21/h4,6-8,10-11,15-17,24,29H,5,9,12-14H2,1-3H3/t24?,26-,27?/m1/s1. The molecule has 160 valence electrons. The van der Waals surface area contributed by atoms with E-state index in [4.69, 9.17) is 4.74 Å². The molecule has 3 atom stereocenters. The van der Waals surface area contributed by atoms with E-state index < -0.39 is 5.41 Å². The first-order valence-corrected chi connectivity index (χ1v) is 11.3. The molecule has 2 aliphatic carbocycles. The van der Waals surface area contributed by atoms with E-state index in [-0.39, 0.29) is 11.4 Å². The van der Waals surface area contributed by atoms with E-state index in [1.807, 2.05) is 12.3 Å². The van der Waals surface area contributed by atoms with Gasteiger partial charge in [-0.15, -0.1) is 0 Å². The van der Waals surface area contributed by atoms with Gasteiger partial charge in [-0.1, -0.05) is 31.5 Å². The number of carbonyl (C=O) groups is 1. The molecule has 1 fully saturated rings. The van der Waals surface area contributed by atoms with Crippen molar-refractivity contribution in [1.82, 2.24) is 4.98 Å². The molecule has 0 amide bonds. The van der Waals surface area contributed by atoms with Crippen molar-refractivity contribution in [2.75, 3.05) is 12.4 Å². The third-order valence-corrected chi connectivity index (χ3v) is 7.90. The number of esters is 1. The number of aryl methyl sites for hydroxylation is 1. The molecule has 0 radical (unpaired) electrons. The zero-order chi connectivity index (χ0) is 21.6. The maximum absolute atomic E-state index is 12.8. The van der Waals surface area contributed by atoms with Crippen LogP contribution in [0.1, 0.15) is 50.7 Å². The quantitative estimate of drug-likeness (QED) is 0.521. The number of fused-ring (bicyclic) bond motifs is 4. The van der Waals surface area contributed by atoms with Crippen molar-refractivity contribution in [1.29, 1.82) is 0 Å². The third kappa shape index (κ3) is 3.20. The third-order valence-electron chi connectivity index (χ3n) is 7.90. The summed E-state index contributed by atoms with van der Waals surface area (Å²) in [6.45, 7) is 4.48. The van der Waals surface area contributed by atoms with Crippen molar-refractivity contribution in [3.8, 4) is 0 Å². The number of benzene rings is 2. The summed E-state index contributed by atoms with van der Waals surface area (Å²) in [7, 11) is 1.52. The number of anilines is 2. The van der Waals surface area contributed by atoms with Gasteiger partial charge >= 0.3 is 5.97 Å². The zero-order valence-corrected chi connectivity index (χ0v) is 18.6. The number of carbonyl (C=O) groups excluding carboxylic acids is 1. The summed E-state index contributed by atoms with van der Waals surface area (Å²) >= 11 is 0. The average Bonchev–Trinajstić information content (AvgIpc) is 2.78. The first kappa shape index (κ1) is 20.0. The second-order valence-electron chi connectivity index (χ2n) is 9.68. The number of rotatable bonds is 3. The topological polar surface area (TPSA) is 51.2 Å². The first-order valence-electron chi connectivity index (χ1n) is 11.3. The molecule has 3 aromatic rings. The Morgan fingerprint density at radius 2 is 1.90 bits per heavy atom. The van der Waals surface area contributed by atoms with Crippen LogP contribution in [-0.4, -0.2) is 18.1 Å². The first-order chi connectivity index (χ1) is 14.9. The average molecular weight is 415 g/mol. The van der Waals surface area contributed by atoms with Gasteiger partial charge in [-0.05, 0) is 85.4 Å². The summed E-state index contributed by atoms with van der Waals surface area (Å²) in [4.78, 5) is 17.2. The smallest absolute Gasteiger partial charge is 0.311 e. The number of methoxy groups -OCH3 is 1. The van der Waals surface area contributed by atoms with Crippen molar-refractivity contribution in [3.05, 3.63) is 65.9 Å². The monoisotopic (exact) mass is 414 g/mol. The maximum Gasteiger partial charge on any atom is 0.311 e. The van der Waals surface area contributed by atoms with E-state index in [0.29, 0.717) is 5.92 Å². The molecule has 1 N–H and O–H groups in total. The summed E-state index contributed by atoms with van der Waals surface area (Å²) in [6, 6.07) is 17.1. The van der Waals surface area contributed by atoms with E-state index in [0.717, 1.165) is 54.4 Å². The van der Waals surface area contributed by atoms with E-state index in [1.54, 1.807) is 0 Å². The number of aromatic nitrogens is 1. The van der Waals surface area contributed by atoms with Gasteiger partial charge in [0.2, 0.25) is 0 Å². The van der Waals surface area contributed by atoms with Gasteiger partial charge in [0.05, 0.1) is 18.0 Å². The largest absolute Gasteiger partial charge is 0.469 e. The zero-order valence-electron chi connectivity index (χ0n) is 18.6. The molecule has 2 unspecified atom stereocenters. The number of pyridine rings is 1. The number of nitrogens with zero attached hydrogens (tertiary/aromatic N) is 1. The molecule has 4 nitrogen and oxygen atoms in total. The van der Waals surface area contributed by atoms with Crippen LogP contribution in [0.2, 0.25) is 0 Å². The van der Waals surface area contributed by atoms with Crippen LogP contribution in [0.15, 0.2) is 54.7 Å². The molecular weight excluding hydrogens is 384 g/mol. The lowest BCUT2D eigenvalue weighted by molar-refractivity contribution is -0.161. The Hall–Kier alpha value is -2.88. The van der Waals surface area contributed by atoms with Gasteiger partial charge in [0.1, 0.15) is 0 Å². The van der Waals surface area contributed by atoms with Crippen LogP contribution >= 0.6 is 0 Å². The highest BCUT2D eigenvalue weighted by Gasteiger charge is 2.55. The molecule has 0 aliphatic heterocycles. The molecule has 0 saturated heterocycles. The molecule has 2 aliphatic rings. The lowest BCUT2D eigenvalue weighted by atomic mass is 9.50. The van der Waals surface area contributed by atoms with Crippen LogP contribution in [-0.2, 0) is 21.4 Å². The molecular formula is C27H30N2O2. The minimum Gasteiger partial charge on any atom is -0.469 e. The highest BCUT2D eigenvalue weighted by atomic mass is 16.5. The molecule has 1 heterocycles. The van der Waals surface area contributed by atoms with Gasteiger partial charge < -0.3 is 10.1 Å². The normalized spacial score (nSPS) is 27.3. The number of hydrogen-bond acceptors (Lipinski definition) is 4. The van der Waals surface area contributed by atoms with Gasteiger partial charge in [0, 0.05) is 23.0 Å².